The van der Waals surface area contributed by atoms with Crippen molar-refractivity contribution in [3.8, 4) is 0 Å². The number of non-ortho nitro benzene ring substituents is 1. The van der Waals surface area contributed by atoms with Gasteiger partial charge >= 0.3 is 11.9 Å². The Morgan fingerprint density at radius 2 is 2.13 bits per heavy atom. The number of benzene rings is 1. The summed E-state index contributed by atoms with van der Waals surface area (Å²) in [6.45, 7) is 4.34. The zero-order chi connectivity index (χ0) is 22.3. The molecule has 1 aliphatic heterocycles. The molecule has 0 bridgehead atoms. The van der Waals surface area contributed by atoms with E-state index in [1.54, 1.807) is 50.7 Å². The van der Waals surface area contributed by atoms with E-state index in [1.165, 1.54) is 12.1 Å². The summed E-state index contributed by atoms with van der Waals surface area (Å²) in [7, 11) is 1.80. The monoisotopic (exact) mass is 416 g/mol. The van der Waals surface area contributed by atoms with Crippen LogP contribution in [0.1, 0.15) is 32.8 Å². The molecule has 0 radical (unpaired) electrons. The van der Waals surface area contributed by atoms with E-state index >= 15 is 0 Å². The lowest BCUT2D eigenvalue weighted by Gasteiger charge is -2.26. The second-order valence-electron chi connectivity index (χ2n) is 8.56. The molecule has 2 aromatic rings. The number of ether oxygens (including phenoxy) is 2. The predicted octanol–water partition coefficient (Wildman–Crippen LogP) is 2.74. The van der Waals surface area contributed by atoms with Crippen LogP contribution in [0.2, 0.25) is 0 Å². The summed E-state index contributed by atoms with van der Waals surface area (Å²) in [5.41, 5.74) is -0.457. The molecule has 1 N–H and O–H groups in total. The number of aryl methyl sites for hydroxylation is 1. The van der Waals surface area contributed by atoms with Crippen molar-refractivity contribution in [2.75, 3.05) is 13.2 Å². The highest BCUT2D eigenvalue weighted by Gasteiger charge is 2.45. The van der Waals surface area contributed by atoms with Crippen LogP contribution in [0.5, 0.6) is 0 Å². The summed E-state index contributed by atoms with van der Waals surface area (Å²) >= 11 is 0. The van der Waals surface area contributed by atoms with E-state index in [9.17, 15) is 24.8 Å². The Kier molecular flexibility index (Phi) is 5.42. The van der Waals surface area contributed by atoms with Crippen LogP contribution in [0, 0.1) is 15.5 Å². The van der Waals surface area contributed by atoms with E-state index in [2.05, 4.69) is 0 Å². The van der Waals surface area contributed by atoms with Crippen molar-refractivity contribution in [3.63, 3.8) is 0 Å². The summed E-state index contributed by atoms with van der Waals surface area (Å²) in [5, 5.41) is 21.6. The van der Waals surface area contributed by atoms with Crippen molar-refractivity contribution in [1.29, 1.82) is 0 Å². The van der Waals surface area contributed by atoms with Crippen molar-refractivity contribution < 1.29 is 29.1 Å². The van der Waals surface area contributed by atoms with Crippen LogP contribution >= 0.6 is 0 Å². The average molecular weight is 416 g/mol. The van der Waals surface area contributed by atoms with Crippen LogP contribution in [-0.2, 0) is 26.1 Å². The van der Waals surface area contributed by atoms with Gasteiger partial charge in [-0.1, -0.05) is 0 Å². The second kappa shape index (κ2) is 7.56. The smallest absolute Gasteiger partial charge is 0.334 e. The fraction of sp³-hybridized carbons (Fsp3) is 0.429. The molecule has 9 heteroatoms. The first-order valence-electron chi connectivity index (χ1n) is 9.41. The molecule has 1 aliphatic rings. The number of aliphatic hydroxyl groups is 1. The van der Waals surface area contributed by atoms with Crippen molar-refractivity contribution in [3.05, 3.63) is 45.6 Å². The summed E-state index contributed by atoms with van der Waals surface area (Å²) in [6.07, 6.45) is 3.40. The summed E-state index contributed by atoms with van der Waals surface area (Å²) < 4.78 is 12.4. The molecule has 1 atom stereocenters. The first-order chi connectivity index (χ1) is 14.0. The molecule has 2 heterocycles. The Bertz CT molecular complexity index is 1060. The first-order valence-corrected chi connectivity index (χ1v) is 9.41. The number of aliphatic hydroxyl groups excluding tert-OH is 1. The van der Waals surface area contributed by atoms with Crippen molar-refractivity contribution in [1.82, 2.24) is 4.57 Å². The summed E-state index contributed by atoms with van der Waals surface area (Å²) in [6, 6.07) is 4.52. The van der Waals surface area contributed by atoms with Gasteiger partial charge in [-0.25, -0.2) is 4.79 Å². The molecule has 0 aliphatic carbocycles. The van der Waals surface area contributed by atoms with E-state index in [1.807, 2.05) is 0 Å². The molecule has 1 fully saturated rings. The lowest BCUT2D eigenvalue weighted by Crippen LogP contribution is -2.40. The molecule has 1 saturated heterocycles. The molecule has 0 amide bonds. The van der Waals surface area contributed by atoms with Gasteiger partial charge in [0.1, 0.15) is 6.61 Å². The highest BCUT2D eigenvalue weighted by Crippen LogP contribution is 2.35. The number of cyclic esters (lactones) is 1. The average Bonchev–Trinajstić information content (AvgIpc) is 3.16. The molecule has 0 spiro atoms. The van der Waals surface area contributed by atoms with Gasteiger partial charge in [-0.05, 0) is 32.9 Å². The Hall–Kier alpha value is -3.20. The van der Waals surface area contributed by atoms with Crippen LogP contribution < -0.4 is 0 Å². The van der Waals surface area contributed by atoms with Crippen molar-refractivity contribution in [2.24, 2.45) is 12.5 Å². The van der Waals surface area contributed by atoms with Crippen molar-refractivity contribution in [2.45, 2.75) is 32.8 Å². The molecule has 30 heavy (non-hydrogen) atoms. The number of hydrogen-bond acceptors (Lipinski definition) is 7. The van der Waals surface area contributed by atoms with E-state index in [0.29, 0.717) is 10.9 Å². The molecule has 1 aromatic carbocycles. The molecule has 3 rings (SSSR count). The minimum absolute atomic E-state index is 0.0467. The zero-order valence-corrected chi connectivity index (χ0v) is 17.3. The minimum atomic E-state index is -1.35. The number of hydrogen-bond donors (Lipinski definition) is 1. The number of aromatic nitrogens is 1. The third kappa shape index (κ3) is 4.06. The highest BCUT2D eigenvalue weighted by molar-refractivity contribution is 6.00. The van der Waals surface area contributed by atoms with E-state index in [4.69, 9.17) is 9.47 Å². The maximum absolute atomic E-state index is 12.5. The van der Waals surface area contributed by atoms with E-state index in [0.717, 1.165) is 5.52 Å². The van der Waals surface area contributed by atoms with Crippen LogP contribution in [0.15, 0.2) is 30.0 Å². The largest absolute Gasteiger partial charge is 0.461 e. The lowest BCUT2D eigenvalue weighted by atomic mass is 9.96. The number of nitro benzene ring substituents is 1. The van der Waals surface area contributed by atoms with E-state index in [-0.39, 0.29) is 24.3 Å². The quantitative estimate of drug-likeness (QED) is 0.344. The van der Waals surface area contributed by atoms with Crippen molar-refractivity contribution >= 4 is 34.6 Å². The maximum Gasteiger partial charge on any atom is 0.334 e. The first kappa shape index (κ1) is 21.5. The molecular formula is C21H24N2O7. The van der Waals surface area contributed by atoms with Gasteiger partial charge in [-0.15, -0.1) is 0 Å². The Labute approximate surface area is 173 Å². The second-order valence-corrected chi connectivity index (χ2v) is 8.56. The highest BCUT2D eigenvalue weighted by atomic mass is 16.6. The van der Waals surface area contributed by atoms with E-state index < -0.39 is 34.5 Å². The number of nitrogens with zero attached hydrogens (tertiary/aromatic N) is 2. The van der Waals surface area contributed by atoms with Gasteiger partial charge in [0.15, 0.2) is 5.60 Å². The zero-order valence-electron chi connectivity index (χ0n) is 17.3. The topological polar surface area (TPSA) is 121 Å². The summed E-state index contributed by atoms with van der Waals surface area (Å²) in [4.78, 5) is 35.2. The number of nitro groups is 1. The van der Waals surface area contributed by atoms with Gasteiger partial charge in [0.2, 0.25) is 0 Å². The third-order valence-electron chi connectivity index (χ3n) is 5.00. The lowest BCUT2D eigenvalue weighted by molar-refractivity contribution is -0.384. The van der Waals surface area contributed by atoms with Gasteiger partial charge in [-0.2, -0.15) is 0 Å². The standard InChI is InChI=1S/C21H24N2O7/c1-20(2,3)19(26)29-12-21(11-24)9-13(18(25)30-21)7-14-10-22(4)17-6-5-15(23(27)28)8-16(14)17/h5-8,10,24H,9,11-12H2,1-4H3/b13-7-. The number of esters is 2. The maximum atomic E-state index is 12.5. The summed E-state index contributed by atoms with van der Waals surface area (Å²) in [5.74, 6) is -1.09. The number of rotatable bonds is 5. The molecule has 9 nitrogen and oxygen atoms in total. The fourth-order valence-corrected chi connectivity index (χ4v) is 3.28. The van der Waals surface area contributed by atoms with Gasteiger partial charge < -0.3 is 19.1 Å². The predicted molar refractivity (Wildman–Crippen MR) is 108 cm³/mol. The van der Waals surface area contributed by atoms with Gasteiger partial charge in [-0.3, -0.25) is 14.9 Å². The molecule has 1 unspecified atom stereocenters. The van der Waals surface area contributed by atoms with Crippen LogP contribution in [0.4, 0.5) is 5.69 Å². The molecular weight excluding hydrogens is 392 g/mol. The molecule has 0 saturated carbocycles. The fourth-order valence-electron chi connectivity index (χ4n) is 3.28. The number of fused-ring (bicyclic) bond motifs is 1. The Morgan fingerprint density at radius 3 is 2.73 bits per heavy atom. The molecule has 160 valence electrons. The Balaban J connectivity index is 1.91. The van der Waals surface area contributed by atoms with Gasteiger partial charge in [0.25, 0.3) is 5.69 Å². The van der Waals surface area contributed by atoms with Gasteiger partial charge in [0.05, 0.1) is 16.9 Å². The van der Waals surface area contributed by atoms with Crippen LogP contribution in [0.25, 0.3) is 17.0 Å². The number of carbonyl (C=O) groups is 2. The van der Waals surface area contributed by atoms with Gasteiger partial charge in [0, 0.05) is 53.8 Å². The van der Waals surface area contributed by atoms with Crippen LogP contribution in [-0.4, -0.2) is 45.4 Å². The van der Waals surface area contributed by atoms with Crippen LogP contribution in [0.3, 0.4) is 0 Å². The Morgan fingerprint density at radius 1 is 1.43 bits per heavy atom. The number of carbonyl (C=O) groups excluding carboxylic acids is 2. The molecule has 1 aromatic heterocycles. The minimum Gasteiger partial charge on any atom is -0.461 e. The third-order valence-corrected chi connectivity index (χ3v) is 5.00. The normalized spacial score (nSPS) is 20.6. The SMILES string of the molecule is Cn1cc(/C=C2/CC(CO)(COC(=O)C(C)(C)C)OC2=O)c2cc([N+](=O)[O-])ccc21.